The average molecular weight is 282 g/mol. The number of carboxylic acid groups (broad SMARTS) is 1. The van der Waals surface area contributed by atoms with Crippen LogP contribution in [0.3, 0.4) is 0 Å². The van der Waals surface area contributed by atoms with Crippen molar-refractivity contribution < 1.29 is 24.9 Å². The number of aliphatic carboxylic acids is 1. The second-order valence-corrected chi connectivity index (χ2v) is 6.59. The number of carbonyl (C=O) groups is 2. The van der Waals surface area contributed by atoms with Crippen molar-refractivity contribution in [3.8, 4) is 0 Å². The van der Waals surface area contributed by atoms with Crippen molar-refractivity contribution >= 4 is 12.3 Å². The summed E-state index contributed by atoms with van der Waals surface area (Å²) >= 11 is 0. The highest BCUT2D eigenvalue weighted by Crippen LogP contribution is 2.58. The summed E-state index contributed by atoms with van der Waals surface area (Å²) in [4.78, 5) is 22.4. The molecule has 2 fully saturated rings. The molecule has 0 aromatic heterocycles. The molecule has 0 heterocycles. The summed E-state index contributed by atoms with van der Waals surface area (Å²) in [6.45, 7) is 5.44. The zero-order chi connectivity index (χ0) is 15.2. The van der Waals surface area contributed by atoms with Crippen molar-refractivity contribution in [2.24, 2.45) is 11.3 Å². The first kappa shape index (κ1) is 15.2. The van der Waals surface area contributed by atoms with Crippen molar-refractivity contribution in [2.75, 3.05) is 0 Å². The third-order valence-corrected chi connectivity index (χ3v) is 5.55. The van der Waals surface area contributed by atoms with Gasteiger partial charge >= 0.3 is 5.97 Å². The van der Waals surface area contributed by atoms with Gasteiger partial charge in [-0.15, -0.1) is 0 Å². The van der Waals surface area contributed by atoms with E-state index in [-0.39, 0.29) is 18.4 Å². The molecule has 0 bridgehead atoms. The molecular formula is C15H22O5. The van der Waals surface area contributed by atoms with Crippen LogP contribution >= 0.6 is 0 Å². The van der Waals surface area contributed by atoms with Crippen LogP contribution in [0.1, 0.15) is 45.4 Å². The Morgan fingerprint density at radius 3 is 2.50 bits per heavy atom. The smallest absolute Gasteiger partial charge is 0.331 e. The number of fused-ring (bicyclic) bond motifs is 1. The fourth-order valence-corrected chi connectivity index (χ4v) is 4.02. The molecule has 0 aromatic carbocycles. The van der Waals surface area contributed by atoms with Gasteiger partial charge in [0.2, 0.25) is 0 Å². The molecule has 4 atom stereocenters. The van der Waals surface area contributed by atoms with E-state index in [0.717, 1.165) is 6.42 Å². The molecule has 20 heavy (non-hydrogen) atoms. The highest BCUT2D eigenvalue weighted by atomic mass is 16.4. The van der Waals surface area contributed by atoms with Crippen molar-refractivity contribution in [1.82, 2.24) is 0 Å². The molecule has 0 aliphatic heterocycles. The van der Waals surface area contributed by atoms with Gasteiger partial charge in [0.15, 0.2) is 6.29 Å². The van der Waals surface area contributed by atoms with Gasteiger partial charge in [0, 0.05) is 5.57 Å². The van der Waals surface area contributed by atoms with E-state index >= 15 is 0 Å². The van der Waals surface area contributed by atoms with Crippen LogP contribution in [-0.2, 0) is 9.59 Å². The number of hydrogen-bond acceptors (Lipinski definition) is 4. The summed E-state index contributed by atoms with van der Waals surface area (Å²) < 4.78 is 0. The first-order chi connectivity index (χ1) is 9.19. The van der Waals surface area contributed by atoms with Gasteiger partial charge in [-0.2, -0.15) is 0 Å². The maximum Gasteiger partial charge on any atom is 0.331 e. The van der Waals surface area contributed by atoms with Gasteiger partial charge in [0.25, 0.3) is 0 Å². The number of aldehydes is 1. The van der Waals surface area contributed by atoms with E-state index in [4.69, 9.17) is 5.11 Å². The van der Waals surface area contributed by atoms with E-state index in [9.17, 15) is 19.8 Å². The minimum atomic E-state index is -1.79. The number of carboxylic acids is 1. The van der Waals surface area contributed by atoms with E-state index < -0.39 is 28.5 Å². The molecule has 112 valence electrons. The Hall–Kier alpha value is -1.20. The topological polar surface area (TPSA) is 94.8 Å². The molecule has 3 N–H and O–H groups in total. The number of aliphatic hydroxyl groups is 2. The summed E-state index contributed by atoms with van der Waals surface area (Å²) in [5.74, 6) is -1.50. The Bertz CT molecular complexity index is 459. The normalized spacial score (nSPS) is 44.5. The zero-order valence-electron chi connectivity index (χ0n) is 11.8. The van der Waals surface area contributed by atoms with Crippen LogP contribution in [0, 0.1) is 11.3 Å². The molecule has 0 saturated heterocycles. The first-order valence-corrected chi connectivity index (χ1v) is 7.02. The third kappa shape index (κ3) is 1.91. The van der Waals surface area contributed by atoms with E-state index in [1.807, 2.05) is 6.92 Å². The molecule has 2 rings (SSSR count). The Morgan fingerprint density at radius 1 is 1.30 bits per heavy atom. The Balaban J connectivity index is 2.38. The van der Waals surface area contributed by atoms with Gasteiger partial charge in [-0.05, 0) is 49.9 Å². The second-order valence-electron chi connectivity index (χ2n) is 6.59. The minimum absolute atomic E-state index is 0.0410. The van der Waals surface area contributed by atoms with Crippen molar-refractivity contribution in [3.05, 3.63) is 12.2 Å². The SMILES string of the molecule is C=C(C(=O)O)[C@@H]1CC[C@@]2(C)CCC[C@@](O)(C=O)[C@]2(O)C1. The van der Waals surface area contributed by atoms with Crippen molar-refractivity contribution in [1.29, 1.82) is 0 Å². The maximum atomic E-state index is 11.3. The minimum Gasteiger partial charge on any atom is -0.478 e. The Labute approximate surface area is 118 Å². The highest BCUT2D eigenvalue weighted by molar-refractivity contribution is 5.86. The molecule has 0 radical (unpaired) electrons. The van der Waals surface area contributed by atoms with Crippen LogP contribution in [0.2, 0.25) is 0 Å². The average Bonchev–Trinajstić information content (AvgIpc) is 2.39. The molecule has 2 aliphatic carbocycles. The zero-order valence-corrected chi connectivity index (χ0v) is 11.8. The van der Waals surface area contributed by atoms with Gasteiger partial charge in [-0.1, -0.05) is 13.5 Å². The van der Waals surface area contributed by atoms with Gasteiger partial charge < -0.3 is 20.1 Å². The Kier molecular flexibility index (Phi) is 3.55. The molecule has 0 aromatic rings. The lowest BCUT2D eigenvalue weighted by Gasteiger charge is -2.59. The van der Waals surface area contributed by atoms with Gasteiger partial charge in [0.05, 0.1) is 0 Å². The molecule has 5 heteroatoms. The van der Waals surface area contributed by atoms with E-state index in [1.165, 1.54) is 0 Å². The second kappa shape index (κ2) is 4.67. The fourth-order valence-electron chi connectivity index (χ4n) is 4.02. The van der Waals surface area contributed by atoms with Crippen molar-refractivity contribution in [2.45, 2.75) is 56.7 Å². The standard InChI is InChI=1S/C15H22O5/c1-10(12(17)18)11-4-7-13(2)5-3-6-14(19,9-16)15(13,20)8-11/h9,11,19-20H,1,3-8H2,2H3,(H,17,18)/t11-,13-,14-,15+/m1/s1. The number of rotatable bonds is 3. The van der Waals surface area contributed by atoms with Gasteiger partial charge in [-0.25, -0.2) is 4.79 Å². The van der Waals surface area contributed by atoms with Crippen LogP contribution in [-0.4, -0.2) is 38.8 Å². The summed E-state index contributed by atoms with van der Waals surface area (Å²) in [5, 5.41) is 30.7. The summed E-state index contributed by atoms with van der Waals surface area (Å²) in [6, 6.07) is 0. The molecule has 0 unspecified atom stereocenters. The molecule has 0 amide bonds. The molecular weight excluding hydrogens is 260 g/mol. The maximum absolute atomic E-state index is 11.3. The largest absolute Gasteiger partial charge is 0.478 e. The molecule has 2 saturated carbocycles. The van der Waals surface area contributed by atoms with Crippen LogP contribution in [0.4, 0.5) is 0 Å². The summed E-state index contributed by atoms with van der Waals surface area (Å²) in [6.07, 6.45) is 3.31. The fraction of sp³-hybridized carbons (Fsp3) is 0.733. The molecule has 0 spiro atoms. The van der Waals surface area contributed by atoms with Crippen LogP contribution in [0.15, 0.2) is 12.2 Å². The Morgan fingerprint density at radius 2 is 1.95 bits per heavy atom. The predicted octanol–water partition coefficient (Wildman–Crippen LogP) is 1.28. The first-order valence-electron chi connectivity index (χ1n) is 7.02. The van der Waals surface area contributed by atoms with E-state index in [2.05, 4.69) is 6.58 Å². The van der Waals surface area contributed by atoms with Crippen LogP contribution in [0.5, 0.6) is 0 Å². The lowest BCUT2D eigenvalue weighted by atomic mass is 9.50. The molecule has 2 aliphatic rings. The lowest BCUT2D eigenvalue weighted by Crippen LogP contribution is -2.68. The van der Waals surface area contributed by atoms with Gasteiger partial charge in [-0.3, -0.25) is 0 Å². The third-order valence-electron chi connectivity index (χ3n) is 5.55. The predicted molar refractivity (Wildman–Crippen MR) is 72.0 cm³/mol. The quantitative estimate of drug-likeness (QED) is 0.535. The number of carbonyl (C=O) groups excluding carboxylic acids is 1. The van der Waals surface area contributed by atoms with Crippen molar-refractivity contribution in [3.63, 3.8) is 0 Å². The van der Waals surface area contributed by atoms with E-state index in [1.54, 1.807) is 0 Å². The monoisotopic (exact) mass is 282 g/mol. The van der Waals surface area contributed by atoms with Crippen LogP contribution < -0.4 is 0 Å². The highest BCUT2D eigenvalue weighted by Gasteiger charge is 2.64. The summed E-state index contributed by atoms with van der Waals surface area (Å²) in [5.41, 5.74) is -3.89. The number of hydrogen-bond donors (Lipinski definition) is 3. The van der Waals surface area contributed by atoms with Gasteiger partial charge in [0.1, 0.15) is 11.2 Å². The van der Waals surface area contributed by atoms with E-state index in [0.29, 0.717) is 25.5 Å². The molecule has 5 nitrogen and oxygen atoms in total. The van der Waals surface area contributed by atoms with Crippen LogP contribution in [0.25, 0.3) is 0 Å². The summed E-state index contributed by atoms with van der Waals surface area (Å²) in [7, 11) is 0. The lowest BCUT2D eigenvalue weighted by molar-refractivity contribution is -0.242.